The second-order valence-electron chi connectivity index (χ2n) is 6.51. The Balaban J connectivity index is 1.95. The van der Waals surface area contributed by atoms with Crippen LogP contribution in [0.15, 0.2) is 18.2 Å². The Morgan fingerprint density at radius 3 is 2.30 bits per heavy atom. The molecular formula is C17H20O6. The van der Waals surface area contributed by atoms with Gasteiger partial charge in [-0.3, -0.25) is 9.59 Å². The molecule has 3 rings (SSSR count). The molecule has 0 bridgehead atoms. The molecule has 0 spiro atoms. The Bertz CT molecular complexity index is 626. The van der Waals surface area contributed by atoms with Crippen molar-refractivity contribution in [2.75, 3.05) is 7.11 Å². The summed E-state index contributed by atoms with van der Waals surface area (Å²) in [4.78, 5) is 24.7. The second kappa shape index (κ2) is 5.44. The first-order chi connectivity index (χ1) is 10.8. The second-order valence-corrected chi connectivity index (χ2v) is 6.51. The molecule has 1 aromatic carbocycles. The van der Waals surface area contributed by atoms with Crippen LogP contribution in [0.25, 0.3) is 0 Å². The van der Waals surface area contributed by atoms with E-state index in [0.717, 1.165) is 12.8 Å². The molecule has 6 heteroatoms. The lowest BCUT2D eigenvalue weighted by Gasteiger charge is -2.36. The van der Waals surface area contributed by atoms with Gasteiger partial charge in [0.05, 0.1) is 7.11 Å². The van der Waals surface area contributed by atoms with E-state index in [9.17, 15) is 14.7 Å². The van der Waals surface area contributed by atoms with E-state index >= 15 is 0 Å². The standard InChI is InChI=1S/C17H20O6/c1-17(2)22-15(19)14(16(20)23-17)13(9-4-5-9)10-6-7-12(21-3)11(18)8-10/h6-9,13-14,18H,4-5H2,1-3H3. The highest BCUT2D eigenvalue weighted by atomic mass is 16.7. The molecule has 1 saturated carbocycles. The minimum atomic E-state index is -1.24. The Morgan fingerprint density at radius 1 is 1.22 bits per heavy atom. The summed E-state index contributed by atoms with van der Waals surface area (Å²) in [5, 5.41) is 10.00. The smallest absolute Gasteiger partial charge is 0.324 e. The van der Waals surface area contributed by atoms with Gasteiger partial charge in [0.25, 0.3) is 5.79 Å². The van der Waals surface area contributed by atoms with Crippen LogP contribution in [-0.2, 0) is 19.1 Å². The number of hydrogen-bond acceptors (Lipinski definition) is 6. The number of cyclic esters (lactones) is 2. The van der Waals surface area contributed by atoms with Gasteiger partial charge in [0.1, 0.15) is 0 Å². The van der Waals surface area contributed by atoms with Crippen molar-refractivity contribution < 1.29 is 28.9 Å². The molecule has 1 heterocycles. The quantitative estimate of drug-likeness (QED) is 0.677. The van der Waals surface area contributed by atoms with Crippen molar-refractivity contribution in [3.63, 3.8) is 0 Å². The van der Waals surface area contributed by atoms with Gasteiger partial charge in [-0.2, -0.15) is 0 Å². The molecule has 1 aliphatic carbocycles. The molecule has 0 amide bonds. The molecule has 1 atom stereocenters. The molecule has 124 valence electrons. The number of phenols is 1. The molecule has 6 nitrogen and oxygen atoms in total. The Hall–Kier alpha value is -2.24. The van der Waals surface area contributed by atoms with E-state index in [0.29, 0.717) is 11.3 Å². The Morgan fingerprint density at radius 2 is 1.83 bits per heavy atom. The van der Waals surface area contributed by atoms with Crippen LogP contribution >= 0.6 is 0 Å². The highest BCUT2D eigenvalue weighted by Gasteiger charge is 2.51. The number of carbonyl (C=O) groups excluding carboxylic acids is 2. The average molecular weight is 320 g/mol. The summed E-state index contributed by atoms with van der Waals surface area (Å²) in [7, 11) is 1.46. The van der Waals surface area contributed by atoms with Crippen molar-refractivity contribution >= 4 is 11.9 Å². The fourth-order valence-corrected chi connectivity index (χ4v) is 3.13. The minimum absolute atomic E-state index is 0.0199. The lowest BCUT2D eigenvalue weighted by molar-refractivity contribution is -0.241. The number of ether oxygens (including phenoxy) is 3. The van der Waals surface area contributed by atoms with Crippen molar-refractivity contribution in [2.24, 2.45) is 11.8 Å². The van der Waals surface area contributed by atoms with Crippen LogP contribution in [0.4, 0.5) is 0 Å². The third-order valence-corrected chi connectivity index (χ3v) is 4.28. The molecule has 23 heavy (non-hydrogen) atoms. The zero-order chi connectivity index (χ0) is 16.8. The van der Waals surface area contributed by atoms with Gasteiger partial charge in [-0.15, -0.1) is 0 Å². The van der Waals surface area contributed by atoms with Crippen LogP contribution < -0.4 is 4.74 Å². The zero-order valence-corrected chi connectivity index (χ0v) is 13.4. The average Bonchev–Trinajstić information content (AvgIpc) is 3.26. The lowest BCUT2D eigenvalue weighted by Crippen LogP contribution is -2.48. The van der Waals surface area contributed by atoms with Gasteiger partial charge in [-0.05, 0) is 36.5 Å². The van der Waals surface area contributed by atoms with E-state index in [1.165, 1.54) is 21.0 Å². The first kappa shape index (κ1) is 15.6. The summed E-state index contributed by atoms with van der Waals surface area (Å²) in [6.45, 7) is 3.06. The number of hydrogen-bond donors (Lipinski definition) is 1. The van der Waals surface area contributed by atoms with Crippen molar-refractivity contribution in [2.45, 2.75) is 38.4 Å². The third-order valence-electron chi connectivity index (χ3n) is 4.28. The number of rotatable bonds is 4. The molecule has 0 radical (unpaired) electrons. The summed E-state index contributed by atoms with van der Waals surface area (Å²) in [5.74, 6) is -3.20. The van der Waals surface area contributed by atoms with Gasteiger partial charge in [0.15, 0.2) is 17.4 Å². The topological polar surface area (TPSA) is 82.1 Å². The van der Waals surface area contributed by atoms with E-state index in [4.69, 9.17) is 14.2 Å². The lowest BCUT2D eigenvalue weighted by atomic mass is 9.81. The first-order valence-electron chi connectivity index (χ1n) is 7.65. The Kier molecular flexibility index (Phi) is 3.70. The SMILES string of the molecule is COc1ccc(C(C2CC2)C2C(=O)OC(C)(C)OC2=O)cc1O. The van der Waals surface area contributed by atoms with Gasteiger partial charge in [-0.25, -0.2) is 0 Å². The van der Waals surface area contributed by atoms with E-state index in [1.807, 2.05) is 0 Å². The molecule has 1 saturated heterocycles. The maximum atomic E-state index is 12.4. The van der Waals surface area contributed by atoms with Gasteiger partial charge in [-0.1, -0.05) is 6.07 Å². The summed E-state index contributed by atoms with van der Waals surface area (Å²) < 4.78 is 15.5. The molecule has 2 fully saturated rings. The van der Waals surface area contributed by atoms with E-state index in [1.54, 1.807) is 18.2 Å². The fourth-order valence-electron chi connectivity index (χ4n) is 3.13. The summed E-state index contributed by atoms with van der Waals surface area (Å²) in [6, 6.07) is 4.94. The summed E-state index contributed by atoms with van der Waals surface area (Å²) in [5.41, 5.74) is 0.712. The predicted molar refractivity (Wildman–Crippen MR) is 79.9 cm³/mol. The molecule has 1 aliphatic heterocycles. The van der Waals surface area contributed by atoms with Crippen LogP contribution in [0.1, 0.15) is 38.2 Å². The van der Waals surface area contributed by atoms with Crippen LogP contribution in [0.5, 0.6) is 11.5 Å². The molecule has 0 aromatic heterocycles. The van der Waals surface area contributed by atoms with Crippen LogP contribution in [0.3, 0.4) is 0 Å². The van der Waals surface area contributed by atoms with Gasteiger partial charge in [0, 0.05) is 19.8 Å². The number of methoxy groups -OCH3 is 1. The van der Waals surface area contributed by atoms with Gasteiger partial charge in [0.2, 0.25) is 0 Å². The highest BCUT2D eigenvalue weighted by Crippen LogP contribution is 2.49. The van der Waals surface area contributed by atoms with Gasteiger partial charge >= 0.3 is 11.9 Å². The van der Waals surface area contributed by atoms with Crippen LogP contribution in [0, 0.1) is 11.8 Å². The fraction of sp³-hybridized carbons (Fsp3) is 0.529. The number of esters is 2. The van der Waals surface area contributed by atoms with E-state index in [-0.39, 0.29) is 17.6 Å². The van der Waals surface area contributed by atoms with E-state index in [2.05, 4.69) is 0 Å². The molecule has 1 aromatic rings. The molecular weight excluding hydrogens is 300 g/mol. The third kappa shape index (κ3) is 2.98. The molecule has 1 N–H and O–H groups in total. The van der Waals surface area contributed by atoms with E-state index < -0.39 is 23.6 Å². The maximum absolute atomic E-state index is 12.4. The summed E-state index contributed by atoms with van der Waals surface area (Å²) >= 11 is 0. The molecule has 2 aliphatic rings. The van der Waals surface area contributed by atoms with Crippen LogP contribution in [0.2, 0.25) is 0 Å². The maximum Gasteiger partial charge on any atom is 0.324 e. The largest absolute Gasteiger partial charge is 0.504 e. The highest BCUT2D eigenvalue weighted by molar-refractivity contribution is 5.98. The van der Waals surface area contributed by atoms with Gasteiger partial charge < -0.3 is 19.3 Å². The van der Waals surface area contributed by atoms with Crippen molar-refractivity contribution in [3.05, 3.63) is 23.8 Å². The van der Waals surface area contributed by atoms with Crippen molar-refractivity contribution in [3.8, 4) is 11.5 Å². The van der Waals surface area contributed by atoms with Crippen molar-refractivity contribution in [1.82, 2.24) is 0 Å². The first-order valence-corrected chi connectivity index (χ1v) is 7.65. The number of phenolic OH excluding ortho intramolecular Hbond substituents is 1. The van der Waals surface area contributed by atoms with Crippen LogP contribution in [-0.4, -0.2) is 29.9 Å². The zero-order valence-electron chi connectivity index (χ0n) is 13.4. The number of carbonyl (C=O) groups is 2. The van der Waals surface area contributed by atoms with Crippen molar-refractivity contribution in [1.29, 1.82) is 0 Å². The molecule has 1 unspecified atom stereocenters. The number of aromatic hydroxyl groups is 1. The normalized spacial score (nSPS) is 22.2. The Labute approximate surface area is 134 Å². The number of benzene rings is 1. The minimum Gasteiger partial charge on any atom is -0.504 e. The monoisotopic (exact) mass is 320 g/mol. The predicted octanol–water partition coefficient (Wildman–Crippen LogP) is 2.35. The summed E-state index contributed by atoms with van der Waals surface area (Å²) in [6.07, 6.45) is 1.86.